The molecule has 1 aliphatic heterocycles. The molecule has 0 aromatic heterocycles. The molecule has 1 aliphatic rings. The number of carboxylic acids is 1. The number of hydrogen-bond donors (Lipinski definition) is 2. The van der Waals surface area contributed by atoms with Crippen molar-refractivity contribution in [1.29, 1.82) is 0 Å². The summed E-state index contributed by atoms with van der Waals surface area (Å²) >= 11 is 0. The van der Waals surface area contributed by atoms with Gasteiger partial charge in [-0.1, -0.05) is 0 Å². The van der Waals surface area contributed by atoms with Crippen molar-refractivity contribution in [2.75, 3.05) is 18.9 Å². The maximum absolute atomic E-state index is 11.6. The van der Waals surface area contributed by atoms with Gasteiger partial charge in [-0.3, -0.25) is 4.79 Å². The summed E-state index contributed by atoms with van der Waals surface area (Å²) in [4.78, 5) is 10.2. The molecule has 100 valence electrons. The SMILES string of the molecule is O=C(O)CCCCNS(=O)(=O)CC1CCCO1. The van der Waals surface area contributed by atoms with Crippen LogP contribution in [0.15, 0.2) is 0 Å². The van der Waals surface area contributed by atoms with E-state index < -0.39 is 16.0 Å². The van der Waals surface area contributed by atoms with Crippen LogP contribution >= 0.6 is 0 Å². The van der Waals surface area contributed by atoms with Crippen LogP contribution in [0.25, 0.3) is 0 Å². The second-order valence-electron chi connectivity index (χ2n) is 4.16. The molecule has 2 N–H and O–H groups in total. The van der Waals surface area contributed by atoms with Crippen molar-refractivity contribution in [2.45, 2.75) is 38.2 Å². The summed E-state index contributed by atoms with van der Waals surface area (Å²) < 4.78 is 30.9. The lowest BCUT2D eigenvalue weighted by atomic mass is 10.2. The van der Waals surface area contributed by atoms with Crippen LogP contribution in [0.3, 0.4) is 0 Å². The molecule has 0 bridgehead atoms. The first-order valence-corrected chi connectivity index (χ1v) is 7.45. The Kier molecular flexibility index (Phi) is 5.87. The van der Waals surface area contributed by atoms with Gasteiger partial charge in [-0.25, -0.2) is 13.1 Å². The fourth-order valence-electron chi connectivity index (χ4n) is 1.71. The third-order valence-corrected chi connectivity index (χ3v) is 4.02. The minimum Gasteiger partial charge on any atom is -0.481 e. The molecule has 17 heavy (non-hydrogen) atoms. The Labute approximate surface area is 101 Å². The Hall–Kier alpha value is -0.660. The molecule has 1 atom stereocenters. The maximum Gasteiger partial charge on any atom is 0.303 e. The molecule has 0 aromatic carbocycles. The minimum atomic E-state index is -3.29. The lowest BCUT2D eigenvalue weighted by Crippen LogP contribution is -2.32. The Morgan fingerprint density at radius 2 is 2.18 bits per heavy atom. The van der Waals surface area contributed by atoms with E-state index >= 15 is 0 Å². The molecule has 0 amide bonds. The zero-order valence-electron chi connectivity index (χ0n) is 9.72. The van der Waals surface area contributed by atoms with E-state index in [1.54, 1.807) is 0 Å². The predicted molar refractivity (Wildman–Crippen MR) is 62.3 cm³/mol. The molecule has 6 nitrogen and oxygen atoms in total. The zero-order chi connectivity index (χ0) is 12.7. The topological polar surface area (TPSA) is 92.7 Å². The van der Waals surface area contributed by atoms with Crippen molar-refractivity contribution in [3.05, 3.63) is 0 Å². The highest BCUT2D eigenvalue weighted by atomic mass is 32.2. The average Bonchev–Trinajstić information content (AvgIpc) is 2.68. The largest absolute Gasteiger partial charge is 0.481 e. The maximum atomic E-state index is 11.6. The average molecular weight is 265 g/mol. The van der Waals surface area contributed by atoms with Gasteiger partial charge in [-0.15, -0.1) is 0 Å². The number of carbonyl (C=O) groups is 1. The van der Waals surface area contributed by atoms with E-state index in [9.17, 15) is 13.2 Å². The first-order chi connectivity index (χ1) is 7.99. The van der Waals surface area contributed by atoms with Gasteiger partial charge in [0.25, 0.3) is 0 Å². The summed E-state index contributed by atoms with van der Waals surface area (Å²) in [6.07, 6.45) is 2.62. The van der Waals surface area contributed by atoms with E-state index in [2.05, 4.69) is 4.72 Å². The Morgan fingerprint density at radius 1 is 1.41 bits per heavy atom. The number of rotatable bonds is 8. The fraction of sp³-hybridized carbons (Fsp3) is 0.900. The first-order valence-electron chi connectivity index (χ1n) is 5.80. The van der Waals surface area contributed by atoms with Crippen molar-refractivity contribution < 1.29 is 23.1 Å². The normalized spacial score (nSPS) is 20.6. The summed E-state index contributed by atoms with van der Waals surface area (Å²) in [5, 5.41) is 8.41. The lowest BCUT2D eigenvalue weighted by molar-refractivity contribution is -0.137. The quantitative estimate of drug-likeness (QED) is 0.617. The molecule has 0 spiro atoms. The molecular formula is C10H19NO5S. The summed E-state index contributed by atoms with van der Waals surface area (Å²) in [6.45, 7) is 0.932. The van der Waals surface area contributed by atoms with E-state index in [1.807, 2.05) is 0 Å². The third-order valence-electron chi connectivity index (χ3n) is 2.57. The molecule has 1 unspecified atom stereocenters. The summed E-state index contributed by atoms with van der Waals surface area (Å²) in [6, 6.07) is 0. The van der Waals surface area contributed by atoms with Crippen LogP contribution in [-0.4, -0.2) is 44.5 Å². The highest BCUT2D eigenvalue weighted by molar-refractivity contribution is 7.89. The van der Waals surface area contributed by atoms with Gasteiger partial charge >= 0.3 is 5.97 Å². The van der Waals surface area contributed by atoms with Gasteiger partial charge in [-0.2, -0.15) is 0 Å². The molecule has 1 rings (SSSR count). The van der Waals surface area contributed by atoms with Crippen molar-refractivity contribution in [3.8, 4) is 0 Å². The van der Waals surface area contributed by atoms with Crippen LogP contribution in [0.1, 0.15) is 32.1 Å². The molecule has 7 heteroatoms. The second kappa shape index (κ2) is 6.93. The third kappa shape index (κ3) is 6.60. The van der Waals surface area contributed by atoms with Crippen molar-refractivity contribution >= 4 is 16.0 Å². The van der Waals surface area contributed by atoms with Gasteiger partial charge in [0, 0.05) is 19.6 Å². The fourth-order valence-corrected chi connectivity index (χ4v) is 3.03. The van der Waals surface area contributed by atoms with Gasteiger partial charge in [0.05, 0.1) is 11.9 Å². The lowest BCUT2D eigenvalue weighted by Gasteiger charge is -2.10. The monoisotopic (exact) mass is 265 g/mol. The second-order valence-corrected chi connectivity index (χ2v) is 6.01. The number of aliphatic carboxylic acids is 1. The van der Waals surface area contributed by atoms with Gasteiger partial charge < -0.3 is 9.84 Å². The number of unbranched alkanes of at least 4 members (excludes halogenated alkanes) is 1. The van der Waals surface area contributed by atoms with E-state index in [0.29, 0.717) is 26.0 Å². The van der Waals surface area contributed by atoms with Crippen molar-refractivity contribution in [3.63, 3.8) is 0 Å². The first kappa shape index (κ1) is 14.4. The van der Waals surface area contributed by atoms with Gasteiger partial charge in [0.2, 0.25) is 10.0 Å². The molecule has 0 saturated carbocycles. The van der Waals surface area contributed by atoms with Crippen molar-refractivity contribution in [1.82, 2.24) is 4.72 Å². The Balaban J connectivity index is 2.13. The highest BCUT2D eigenvalue weighted by Gasteiger charge is 2.22. The molecule has 0 radical (unpaired) electrons. The standard InChI is InChI=1S/C10H19NO5S/c12-10(13)5-1-2-6-11-17(14,15)8-9-4-3-7-16-9/h9,11H,1-8H2,(H,12,13). The smallest absolute Gasteiger partial charge is 0.303 e. The van der Waals surface area contributed by atoms with Crippen LogP contribution in [0.5, 0.6) is 0 Å². The molecule has 1 fully saturated rings. The van der Waals surface area contributed by atoms with Gasteiger partial charge in [-0.05, 0) is 25.7 Å². The molecular weight excluding hydrogens is 246 g/mol. The summed E-state index contributed by atoms with van der Waals surface area (Å²) in [5.41, 5.74) is 0. The molecule has 0 aromatic rings. The van der Waals surface area contributed by atoms with Gasteiger partial charge in [0.15, 0.2) is 0 Å². The molecule has 1 saturated heterocycles. The predicted octanol–water partition coefficient (Wildman–Crippen LogP) is 0.340. The number of carboxylic acid groups (broad SMARTS) is 1. The van der Waals surface area contributed by atoms with Crippen LogP contribution < -0.4 is 4.72 Å². The number of nitrogens with one attached hydrogen (secondary N) is 1. The minimum absolute atomic E-state index is 0.00588. The highest BCUT2D eigenvalue weighted by Crippen LogP contribution is 2.13. The van der Waals surface area contributed by atoms with Crippen molar-refractivity contribution in [2.24, 2.45) is 0 Å². The van der Waals surface area contributed by atoms with Crippen LogP contribution in [0.4, 0.5) is 0 Å². The number of sulfonamides is 1. The number of ether oxygens (including phenoxy) is 1. The Bertz CT molecular complexity index is 335. The number of hydrogen-bond acceptors (Lipinski definition) is 4. The Morgan fingerprint density at radius 3 is 2.76 bits per heavy atom. The van der Waals surface area contributed by atoms with Crippen LogP contribution in [0, 0.1) is 0 Å². The van der Waals surface area contributed by atoms with E-state index in [4.69, 9.17) is 9.84 Å². The summed E-state index contributed by atoms with van der Waals surface area (Å²) in [5.74, 6) is -0.849. The van der Waals surface area contributed by atoms with E-state index in [0.717, 1.165) is 12.8 Å². The summed E-state index contributed by atoms with van der Waals surface area (Å²) in [7, 11) is -3.29. The zero-order valence-corrected chi connectivity index (χ0v) is 10.5. The van der Waals surface area contributed by atoms with Crippen LogP contribution in [-0.2, 0) is 19.6 Å². The molecule has 0 aliphatic carbocycles. The van der Waals surface area contributed by atoms with Crippen LogP contribution in [0.2, 0.25) is 0 Å². The van der Waals surface area contributed by atoms with Gasteiger partial charge in [0.1, 0.15) is 0 Å². The van der Waals surface area contributed by atoms with E-state index in [-0.39, 0.29) is 18.3 Å². The molecule has 1 heterocycles. The van der Waals surface area contributed by atoms with E-state index in [1.165, 1.54) is 0 Å².